The Morgan fingerprint density at radius 2 is 1.95 bits per heavy atom. The van der Waals surface area contributed by atoms with Gasteiger partial charge in [0.1, 0.15) is 6.61 Å². The summed E-state index contributed by atoms with van der Waals surface area (Å²) in [5.41, 5.74) is 4.11. The van der Waals surface area contributed by atoms with Gasteiger partial charge in [-0.3, -0.25) is 19.5 Å². The maximum absolute atomic E-state index is 14.1. The third-order valence-corrected chi connectivity index (χ3v) is 6.58. The number of primary amides is 1. The molecule has 0 bridgehead atoms. The Hall–Kier alpha value is -3.97. The number of morpholine rings is 1. The monoisotopic (exact) mass is 547 g/mol. The van der Waals surface area contributed by atoms with E-state index in [1.807, 2.05) is 6.07 Å². The van der Waals surface area contributed by atoms with Crippen molar-refractivity contribution >= 4 is 23.5 Å². The molecule has 1 atom stereocenters. The molecule has 1 fully saturated rings. The lowest BCUT2D eigenvalue weighted by atomic mass is 9.91. The van der Waals surface area contributed by atoms with Crippen molar-refractivity contribution in [1.29, 1.82) is 0 Å². The number of alkyl halides is 3. The molecular weight excluding hydrogens is 519 g/mol. The molecule has 1 unspecified atom stereocenters. The zero-order valence-corrected chi connectivity index (χ0v) is 21.2. The highest BCUT2D eigenvalue weighted by Gasteiger charge is 2.49. The van der Waals surface area contributed by atoms with E-state index >= 15 is 0 Å². The van der Waals surface area contributed by atoms with Crippen LogP contribution in [0.4, 0.5) is 18.0 Å². The number of hydrogen-bond donors (Lipinski definition) is 2. The van der Waals surface area contributed by atoms with E-state index in [1.54, 1.807) is 30.2 Å². The van der Waals surface area contributed by atoms with Crippen molar-refractivity contribution in [3.8, 4) is 0 Å². The normalized spacial score (nSPS) is 20.4. The Morgan fingerprint density at radius 3 is 2.62 bits per heavy atom. The number of pyridine rings is 1. The largest absolute Gasteiger partial charge is 0.448 e. The molecule has 0 saturated carbocycles. The first-order valence-corrected chi connectivity index (χ1v) is 12.2. The van der Waals surface area contributed by atoms with E-state index in [2.05, 4.69) is 10.3 Å². The van der Waals surface area contributed by atoms with Gasteiger partial charge in [0.25, 0.3) is 11.8 Å². The van der Waals surface area contributed by atoms with Crippen LogP contribution in [0.1, 0.15) is 27.2 Å². The van der Waals surface area contributed by atoms with Gasteiger partial charge in [-0.2, -0.15) is 13.2 Å². The second kappa shape index (κ2) is 11.4. The van der Waals surface area contributed by atoms with E-state index in [-0.39, 0.29) is 51.6 Å². The zero-order valence-electron chi connectivity index (χ0n) is 21.2. The highest BCUT2D eigenvalue weighted by molar-refractivity contribution is 6.02. The average molecular weight is 548 g/mol. The maximum Gasteiger partial charge on any atom is 0.416 e. The third kappa shape index (κ3) is 6.20. The van der Waals surface area contributed by atoms with E-state index in [0.29, 0.717) is 11.3 Å². The first kappa shape index (κ1) is 28.0. The highest BCUT2D eigenvalue weighted by atomic mass is 19.4. The number of halogens is 3. The van der Waals surface area contributed by atoms with Gasteiger partial charge in [0.05, 0.1) is 25.3 Å². The number of benzene rings is 1. The minimum Gasteiger partial charge on any atom is -0.448 e. The Kier molecular flexibility index (Phi) is 8.21. The van der Waals surface area contributed by atoms with Crippen molar-refractivity contribution < 1.29 is 37.0 Å². The van der Waals surface area contributed by atoms with Gasteiger partial charge >= 0.3 is 12.3 Å². The first-order valence-electron chi connectivity index (χ1n) is 12.2. The SMILES string of the molecule is Cc1ncccc1C1=CC(NC(=O)c2cccc(C(F)(F)F)c2)(N2CCOCC2)C(=O)N(CCOC(N)=O)C1. The number of rotatable bonds is 7. The van der Waals surface area contributed by atoms with Crippen LogP contribution in [0.3, 0.4) is 0 Å². The molecule has 1 saturated heterocycles. The molecule has 0 aliphatic carbocycles. The number of nitrogens with zero attached hydrogens (tertiary/aromatic N) is 3. The molecule has 2 aliphatic heterocycles. The van der Waals surface area contributed by atoms with Crippen LogP contribution in [0.15, 0.2) is 48.7 Å². The number of nitrogens with one attached hydrogen (secondary N) is 1. The van der Waals surface area contributed by atoms with E-state index in [4.69, 9.17) is 15.2 Å². The Labute approximate surface area is 222 Å². The van der Waals surface area contributed by atoms with Crippen molar-refractivity contribution in [2.24, 2.45) is 5.73 Å². The quantitative estimate of drug-likeness (QED) is 0.544. The van der Waals surface area contributed by atoms with Crippen LogP contribution in [0, 0.1) is 6.92 Å². The summed E-state index contributed by atoms with van der Waals surface area (Å²) < 4.78 is 50.3. The molecule has 10 nitrogen and oxygen atoms in total. The number of ether oxygens (including phenoxy) is 2. The molecule has 2 aliphatic rings. The zero-order chi connectivity index (χ0) is 28.2. The van der Waals surface area contributed by atoms with Crippen LogP contribution in [0.5, 0.6) is 0 Å². The van der Waals surface area contributed by atoms with Crippen LogP contribution in [0.2, 0.25) is 0 Å². The Bertz CT molecular complexity index is 1280. The molecule has 4 rings (SSSR count). The molecule has 0 radical (unpaired) electrons. The fourth-order valence-electron chi connectivity index (χ4n) is 4.69. The van der Waals surface area contributed by atoms with Gasteiger partial charge in [0.15, 0.2) is 5.66 Å². The number of hydrogen-bond acceptors (Lipinski definition) is 7. The van der Waals surface area contributed by atoms with Crippen molar-refractivity contribution in [3.63, 3.8) is 0 Å². The molecule has 39 heavy (non-hydrogen) atoms. The van der Waals surface area contributed by atoms with Crippen LogP contribution in [-0.2, 0) is 20.4 Å². The van der Waals surface area contributed by atoms with Crippen molar-refractivity contribution in [2.75, 3.05) is 46.0 Å². The number of aryl methyl sites for hydroxylation is 1. The predicted octanol–water partition coefficient (Wildman–Crippen LogP) is 2.19. The summed E-state index contributed by atoms with van der Waals surface area (Å²) in [6.45, 7) is 2.74. The van der Waals surface area contributed by atoms with Gasteiger partial charge in [-0.05, 0) is 42.8 Å². The lowest BCUT2D eigenvalue weighted by Crippen LogP contribution is -2.71. The summed E-state index contributed by atoms with van der Waals surface area (Å²) in [5.74, 6) is -1.40. The second-order valence-corrected chi connectivity index (χ2v) is 9.10. The maximum atomic E-state index is 14.1. The minimum atomic E-state index is -4.65. The number of carbonyl (C=O) groups is 3. The minimum absolute atomic E-state index is 0.0378. The number of aromatic nitrogens is 1. The summed E-state index contributed by atoms with van der Waals surface area (Å²) in [4.78, 5) is 46.2. The van der Waals surface area contributed by atoms with Gasteiger partial charge in [-0.1, -0.05) is 12.1 Å². The van der Waals surface area contributed by atoms with E-state index in [0.717, 1.165) is 23.8 Å². The van der Waals surface area contributed by atoms with Crippen LogP contribution >= 0.6 is 0 Å². The lowest BCUT2D eigenvalue weighted by Gasteiger charge is -2.48. The van der Waals surface area contributed by atoms with Crippen molar-refractivity contribution in [2.45, 2.75) is 18.8 Å². The van der Waals surface area contributed by atoms with Crippen molar-refractivity contribution in [1.82, 2.24) is 20.1 Å². The van der Waals surface area contributed by atoms with Gasteiger partial charge in [-0.15, -0.1) is 0 Å². The summed E-state index contributed by atoms with van der Waals surface area (Å²) in [6.07, 6.45) is -2.41. The molecule has 1 aromatic heterocycles. The van der Waals surface area contributed by atoms with Crippen molar-refractivity contribution in [3.05, 3.63) is 71.1 Å². The second-order valence-electron chi connectivity index (χ2n) is 9.10. The summed E-state index contributed by atoms with van der Waals surface area (Å²) in [5, 5.41) is 2.74. The van der Waals surface area contributed by atoms with Gasteiger partial charge in [-0.25, -0.2) is 4.79 Å². The molecule has 13 heteroatoms. The first-order chi connectivity index (χ1) is 18.5. The van der Waals surface area contributed by atoms with Gasteiger partial charge < -0.3 is 25.4 Å². The standard InChI is InChI=1S/C26H28F3N5O5/c1-17-21(6-3-7-31-17)19-15-25(34-9-11-38-12-10-34,23(36)33(16-19)8-13-39-24(30)37)32-22(35)18-4-2-5-20(14-18)26(27,28)29/h2-7,14-15H,8-13,16H2,1H3,(H2,30,37)(H,32,35). The van der Waals surface area contributed by atoms with Gasteiger partial charge in [0, 0.05) is 42.7 Å². The van der Waals surface area contributed by atoms with Crippen LogP contribution < -0.4 is 11.1 Å². The van der Waals surface area contributed by atoms with Crippen LogP contribution in [0.25, 0.3) is 5.57 Å². The highest BCUT2D eigenvalue weighted by Crippen LogP contribution is 2.33. The number of carbonyl (C=O) groups excluding carboxylic acids is 3. The lowest BCUT2D eigenvalue weighted by molar-refractivity contribution is -0.147. The number of amides is 3. The molecule has 3 N–H and O–H groups in total. The molecule has 0 spiro atoms. The van der Waals surface area contributed by atoms with Gasteiger partial charge in [0.2, 0.25) is 0 Å². The van der Waals surface area contributed by atoms with E-state index in [1.165, 1.54) is 11.0 Å². The predicted molar refractivity (Wildman–Crippen MR) is 133 cm³/mol. The van der Waals surface area contributed by atoms with E-state index in [9.17, 15) is 27.6 Å². The summed E-state index contributed by atoms with van der Waals surface area (Å²) >= 11 is 0. The fourth-order valence-corrected chi connectivity index (χ4v) is 4.69. The molecular formula is C26H28F3N5O5. The van der Waals surface area contributed by atoms with Crippen LogP contribution in [-0.4, -0.2) is 84.4 Å². The molecule has 208 valence electrons. The van der Waals surface area contributed by atoms with E-state index < -0.39 is 35.3 Å². The third-order valence-electron chi connectivity index (χ3n) is 6.58. The Morgan fingerprint density at radius 1 is 1.21 bits per heavy atom. The molecule has 2 aromatic rings. The molecule has 3 heterocycles. The topological polar surface area (TPSA) is 127 Å². The smallest absolute Gasteiger partial charge is 0.416 e. The molecule has 1 aromatic carbocycles. The number of nitrogens with two attached hydrogens (primary N) is 1. The average Bonchev–Trinajstić information content (AvgIpc) is 2.91. The summed E-state index contributed by atoms with van der Waals surface area (Å²) in [6, 6.07) is 7.54. The fraction of sp³-hybridized carbons (Fsp3) is 0.385. The molecule has 3 amide bonds. The Balaban J connectivity index is 1.80. The summed E-state index contributed by atoms with van der Waals surface area (Å²) in [7, 11) is 0.